The first kappa shape index (κ1) is 10.2. The molecule has 0 fully saturated rings. The van der Waals surface area contributed by atoms with Gasteiger partial charge >= 0.3 is 0 Å². The summed E-state index contributed by atoms with van der Waals surface area (Å²) in [6.45, 7) is 4.46. The highest BCUT2D eigenvalue weighted by Gasteiger charge is 2.12. The molecule has 2 nitrogen and oxygen atoms in total. The van der Waals surface area contributed by atoms with Gasteiger partial charge in [0.15, 0.2) is 0 Å². The van der Waals surface area contributed by atoms with Gasteiger partial charge in [-0.1, -0.05) is 32.4 Å². The molecule has 2 rings (SSSR count). The lowest BCUT2D eigenvalue weighted by Crippen LogP contribution is -1.98. The monoisotopic (exact) mass is 202 g/mol. The third-order valence-electron chi connectivity index (χ3n) is 2.92. The number of aromatic nitrogens is 2. The number of imidazole rings is 1. The van der Waals surface area contributed by atoms with Crippen LogP contribution in [0.15, 0.2) is 24.3 Å². The fourth-order valence-corrected chi connectivity index (χ4v) is 2.05. The lowest BCUT2D eigenvalue weighted by Gasteiger charge is -2.09. The number of hydrogen-bond donors (Lipinski definition) is 1. The second-order valence-electron chi connectivity index (χ2n) is 4.03. The fraction of sp³-hybridized carbons (Fsp3) is 0.462. The molecule has 0 spiro atoms. The Morgan fingerprint density at radius 2 is 2.07 bits per heavy atom. The quantitative estimate of drug-likeness (QED) is 0.801. The predicted octanol–water partition coefficient (Wildman–Crippen LogP) is 3.86. The van der Waals surface area contributed by atoms with Crippen LogP contribution >= 0.6 is 0 Å². The molecule has 15 heavy (non-hydrogen) atoms. The summed E-state index contributed by atoms with van der Waals surface area (Å²) in [5, 5.41) is 0. The van der Waals surface area contributed by atoms with Crippen molar-refractivity contribution in [2.45, 2.75) is 39.0 Å². The average Bonchev–Trinajstić information content (AvgIpc) is 2.69. The van der Waals surface area contributed by atoms with Crippen molar-refractivity contribution < 1.29 is 0 Å². The molecule has 1 heterocycles. The highest BCUT2D eigenvalue weighted by Crippen LogP contribution is 2.24. The number of para-hydroxylation sites is 2. The number of hydrogen-bond acceptors (Lipinski definition) is 1. The summed E-state index contributed by atoms with van der Waals surface area (Å²) in [7, 11) is 0. The van der Waals surface area contributed by atoms with Crippen LogP contribution in [0.2, 0.25) is 0 Å². The molecule has 0 bridgehead atoms. The van der Waals surface area contributed by atoms with E-state index in [9.17, 15) is 0 Å². The van der Waals surface area contributed by atoms with Crippen molar-refractivity contribution in [2.75, 3.05) is 0 Å². The Kier molecular flexibility index (Phi) is 3.05. The number of nitrogens with zero attached hydrogens (tertiary/aromatic N) is 1. The van der Waals surface area contributed by atoms with Crippen LogP contribution in [0.4, 0.5) is 0 Å². The Labute approximate surface area is 90.7 Å². The van der Waals surface area contributed by atoms with Crippen LogP contribution < -0.4 is 0 Å². The van der Waals surface area contributed by atoms with Crippen LogP contribution in [-0.4, -0.2) is 9.97 Å². The molecular weight excluding hydrogens is 184 g/mol. The number of fused-ring (bicyclic) bond motifs is 1. The van der Waals surface area contributed by atoms with E-state index < -0.39 is 0 Å². The van der Waals surface area contributed by atoms with E-state index in [0.717, 1.165) is 23.3 Å². The Morgan fingerprint density at radius 1 is 1.27 bits per heavy atom. The molecule has 80 valence electrons. The number of nitrogens with one attached hydrogen (secondary N) is 1. The standard InChI is InChI=1S/C13H18N2/c1-3-7-10(4-2)13-14-11-8-5-6-9-12(11)15-13/h5-6,8-10H,3-4,7H2,1-2H3,(H,14,15). The molecule has 2 aromatic rings. The molecule has 0 radical (unpaired) electrons. The van der Waals surface area contributed by atoms with E-state index >= 15 is 0 Å². The largest absolute Gasteiger partial charge is 0.342 e. The molecule has 0 aliphatic heterocycles. The molecule has 1 unspecified atom stereocenters. The van der Waals surface area contributed by atoms with Gasteiger partial charge in [0, 0.05) is 5.92 Å². The van der Waals surface area contributed by atoms with Crippen LogP contribution in [-0.2, 0) is 0 Å². The van der Waals surface area contributed by atoms with E-state index in [1.165, 1.54) is 12.8 Å². The highest BCUT2D eigenvalue weighted by atomic mass is 14.9. The van der Waals surface area contributed by atoms with Crippen LogP contribution in [0.25, 0.3) is 11.0 Å². The molecule has 0 amide bonds. The Morgan fingerprint density at radius 3 is 2.73 bits per heavy atom. The van der Waals surface area contributed by atoms with Crippen molar-refractivity contribution in [2.24, 2.45) is 0 Å². The first-order valence-corrected chi connectivity index (χ1v) is 5.79. The van der Waals surface area contributed by atoms with Crippen molar-refractivity contribution in [3.8, 4) is 0 Å². The number of H-pyrrole nitrogens is 1. The lowest BCUT2D eigenvalue weighted by molar-refractivity contribution is 0.571. The van der Waals surface area contributed by atoms with Gasteiger partial charge in [0.05, 0.1) is 11.0 Å². The van der Waals surface area contributed by atoms with Gasteiger partial charge in [0.2, 0.25) is 0 Å². The molecule has 1 atom stereocenters. The zero-order valence-electron chi connectivity index (χ0n) is 9.46. The zero-order valence-corrected chi connectivity index (χ0v) is 9.46. The number of rotatable bonds is 4. The van der Waals surface area contributed by atoms with Gasteiger partial charge in [0.25, 0.3) is 0 Å². The summed E-state index contributed by atoms with van der Waals surface area (Å²) in [4.78, 5) is 8.07. The summed E-state index contributed by atoms with van der Waals surface area (Å²) >= 11 is 0. The molecule has 0 aliphatic carbocycles. The fourth-order valence-electron chi connectivity index (χ4n) is 2.05. The molecule has 0 aliphatic rings. The van der Waals surface area contributed by atoms with Crippen molar-refractivity contribution in [1.82, 2.24) is 9.97 Å². The summed E-state index contributed by atoms with van der Waals surface area (Å²) in [6, 6.07) is 8.23. The van der Waals surface area contributed by atoms with E-state index in [1.807, 2.05) is 12.1 Å². The van der Waals surface area contributed by atoms with Crippen LogP contribution in [0.3, 0.4) is 0 Å². The van der Waals surface area contributed by atoms with Gasteiger partial charge in [-0.15, -0.1) is 0 Å². The van der Waals surface area contributed by atoms with Gasteiger partial charge in [-0.3, -0.25) is 0 Å². The van der Waals surface area contributed by atoms with Gasteiger partial charge in [-0.2, -0.15) is 0 Å². The maximum atomic E-state index is 4.65. The normalized spacial score (nSPS) is 13.2. The number of aromatic amines is 1. The maximum absolute atomic E-state index is 4.65. The van der Waals surface area contributed by atoms with Crippen LogP contribution in [0.1, 0.15) is 44.9 Å². The molecular formula is C13H18N2. The summed E-state index contributed by atoms with van der Waals surface area (Å²) in [5.74, 6) is 1.74. The molecule has 0 saturated carbocycles. The van der Waals surface area contributed by atoms with Gasteiger partial charge in [0.1, 0.15) is 5.82 Å². The minimum Gasteiger partial charge on any atom is -0.342 e. The minimum atomic E-state index is 0.586. The molecule has 1 aromatic heterocycles. The van der Waals surface area contributed by atoms with E-state index in [4.69, 9.17) is 0 Å². The van der Waals surface area contributed by atoms with Gasteiger partial charge in [-0.25, -0.2) is 4.98 Å². The predicted molar refractivity (Wildman–Crippen MR) is 64.0 cm³/mol. The second-order valence-corrected chi connectivity index (χ2v) is 4.03. The first-order chi connectivity index (χ1) is 7.35. The molecule has 1 N–H and O–H groups in total. The lowest BCUT2D eigenvalue weighted by atomic mass is 10.0. The zero-order chi connectivity index (χ0) is 10.7. The third kappa shape index (κ3) is 2.04. The van der Waals surface area contributed by atoms with Crippen molar-refractivity contribution >= 4 is 11.0 Å². The smallest absolute Gasteiger partial charge is 0.110 e. The van der Waals surface area contributed by atoms with E-state index in [-0.39, 0.29) is 0 Å². The van der Waals surface area contributed by atoms with Crippen molar-refractivity contribution in [3.05, 3.63) is 30.1 Å². The molecule has 0 saturated heterocycles. The topological polar surface area (TPSA) is 28.7 Å². The van der Waals surface area contributed by atoms with Crippen molar-refractivity contribution in [1.29, 1.82) is 0 Å². The van der Waals surface area contributed by atoms with Crippen molar-refractivity contribution in [3.63, 3.8) is 0 Å². The summed E-state index contributed by atoms with van der Waals surface area (Å²) < 4.78 is 0. The van der Waals surface area contributed by atoms with Gasteiger partial charge < -0.3 is 4.98 Å². The Balaban J connectivity index is 2.34. The van der Waals surface area contributed by atoms with E-state index in [0.29, 0.717) is 5.92 Å². The summed E-state index contributed by atoms with van der Waals surface area (Å²) in [5.41, 5.74) is 2.24. The van der Waals surface area contributed by atoms with Crippen LogP contribution in [0, 0.1) is 0 Å². The summed E-state index contributed by atoms with van der Waals surface area (Å²) in [6.07, 6.45) is 3.60. The molecule has 2 heteroatoms. The van der Waals surface area contributed by atoms with Gasteiger partial charge in [-0.05, 0) is 25.0 Å². The third-order valence-corrected chi connectivity index (χ3v) is 2.92. The Hall–Kier alpha value is -1.31. The average molecular weight is 202 g/mol. The Bertz CT molecular complexity index is 398. The first-order valence-electron chi connectivity index (χ1n) is 5.79. The molecule has 1 aromatic carbocycles. The second kappa shape index (κ2) is 4.47. The number of benzene rings is 1. The maximum Gasteiger partial charge on any atom is 0.110 e. The SMILES string of the molecule is CCCC(CC)c1nc2ccccc2[nH]1. The van der Waals surface area contributed by atoms with E-state index in [1.54, 1.807) is 0 Å². The van der Waals surface area contributed by atoms with E-state index in [2.05, 4.69) is 35.9 Å². The van der Waals surface area contributed by atoms with Crippen LogP contribution in [0.5, 0.6) is 0 Å². The minimum absolute atomic E-state index is 0.586. The highest BCUT2D eigenvalue weighted by molar-refractivity contribution is 5.74.